The number of carbonyl (C=O) groups is 2. The molecule has 0 aliphatic rings. The van der Waals surface area contributed by atoms with Gasteiger partial charge >= 0.3 is 13.8 Å². The molecule has 0 saturated heterocycles. The molecule has 87 heavy (non-hydrogen) atoms. The van der Waals surface area contributed by atoms with Gasteiger partial charge in [-0.05, 0) is 109 Å². The van der Waals surface area contributed by atoms with Crippen LogP contribution in [0.15, 0.2) is 97.2 Å². The summed E-state index contributed by atoms with van der Waals surface area (Å²) in [6.07, 6.45) is 89.9. The zero-order valence-corrected chi connectivity index (χ0v) is 58.6. The Hall–Kier alpha value is -3.07. The van der Waals surface area contributed by atoms with Crippen LogP contribution in [0, 0.1) is 0 Å². The maximum absolute atomic E-state index is 13.6. The first-order chi connectivity index (χ1) is 42.4. The van der Waals surface area contributed by atoms with Crippen LogP contribution in [0.3, 0.4) is 0 Å². The normalized spacial score (nSPS) is 14.1. The molecule has 9 nitrogen and oxygen atoms in total. The molecular weight excluding hydrogens is 1100 g/mol. The third-order valence-electron chi connectivity index (χ3n) is 16.0. The lowest BCUT2D eigenvalue weighted by Crippen LogP contribution is -2.47. The van der Waals surface area contributed by atoms with Crippen molar-refractivity contribution in [2.75, 3.05) is 40.9 Å². The fraction of sp³-hybridized carbons (Fsp3) is 0.766. The third kappa shape index (κ3) is 67.2. The van der Waals surface area contributed by atoms with E-state index in [1.807, 2.05) is 33.3 Å². The van der Waals surface area contributed by atoms with Gasteiger partial charge in [-0.2, -0.15) is 0 Å². The van der Waals surface area contributed by atoms with Gasteiger partial charge in [0, 0.05) is 12.8 Å². The van der Waals surface area contributed by atoms with E-state index in [2.05, 4.69) is 111 Å². The number of amides is 1. The second-order valence-corrected chi connectivity index (χ2v) is 27.2. The fourth-order valence-corrected chi connectivity index (χ4v) is 11.1. The number of carbonyl (C=O) groups excluding carboxylic acids is 2. The summed E-state index contributed by atoms with van der Waals surface area (Å²) in [6, 6.07) is -0.856. The van der Waals surface area contributed by atoms with E-state index in [1.54, 1.807) is 0 Å². The van der Waals surface area contributed by atoms with Crippen molar-refractivity contribution in [2.24, 2.45) is 0 Å². The number of nitrogens with one attached hydrogen (secondary N) is 1. The average molecular weight is 1240 g/mol. The van der Waals surface area contributed by atoms with Crippen molar-refractivity contribution in [3.05, 3.63) is 97.2 Å². The smallest absolute Gasteiger partial charge is 0.456 e. The van der Waals surface area contributed by atoms with Crippen LogP contribution in [-0.4, -0.2) is 74.3 Å². The summed E-state index contributed by atoms with van der Waals surface area (Å²) in [5, 5.41) is 3.07. The number of hydrogen-bond donors (Lipinski definition) is 2. The van der Waals surface area contributed by atoms with Crippen LogP contribution in [0.1, 0.15) is 329 Å². The summed E-state index contributed by atoms with van der Waals surface area (Å²) in [5.41, 5.74) is 0. The molecule has 0 rings (SSSR count). The maximum atomic E-state index is 13.6. The van der Waals surface area contributed by atoms with E-state index in [1.165, 1.54) is 199 Å². The van der Waals surface area contributed by atoms with Crippen LogP contribution in [-0.2, 0) is 27.9 Å². The molecule has 0 aromatic rings. The number of rotatable bonds is 66. The lowest BCUT2D eigenvalue weighted by molar-refractivity contribution is -0.870. The number of phosphoric ester groups is 1. The highest BCUT2D eigenvalue weighted by atomic mass is 31.2. The van der Waals surface area contributed by atoms with E-state index in [9.17, 15) is 19.0 Å². The Bertz CT molecular complexity index is 1810. The number of quaternary nitrogens is 1. The molecule has 2 N–H and O–H groups in total. The molecule has 0 aromatic carbocycles. The second kappa shape index (κ2) is 65.9. The molecule has 0 aliphatic carbocycles. The Morgan fingerprint density at radius 2 is 0.736 bits per heavy atom. The highest BCUT2D eigenvalue weighted by Gasteiger charge is 2.30. The van der Waals surface area contributed by atoms with Crippen molar-refractivity contribution in [3.63, 3.8) is 0 Å². The topological polar surface area (TPSA) is 111 Å². The number of esters is 1. The first kappa shape index (κ1) is 83.9. The van der Waals surface area contributed by atoms with Crippen molar-refractivity contribution in [2.45, 2.75) is 341 Å². The minimum atomic E-state index is -4.46. The van der Waals surface area contributed by atoms with Gasteiger partial charge in [-0.3, -0.25) is 18.6 Å². The van der Waals surface area contributed by atoms with Gasteiger partial charge < -0.3 is 19.4 Å². The molecule has 0 aromatic heterocycles. The maximum Gasteiger partial charge on any atom is 0.472 e. The number of hydrogen-bond acceptors (Lipinski definition) is 6. The summed E-state index contributed by atoms with van der Waals surface area (Å²) >= 11 is 0. The average Bonchev–Trinajstić information content (AvgIpc) is 3.70. The zero-order valence-electron chi connectivity index (χ0n) is 57.7. The first-order valence-electron chi connectivity index (χ1n) is 36.6. The lowest BCUT2D eigenvalue weighted by Gasteiger charge is -2.27. The van der Waals surface area contributed by atoms with E-state index >= 15 is 0 Å². The molecule has 1 amide bonds. The SMILES string of the molecule is CC/C=C\C/C=C\C/C=C\C/C=C\C/C=C\CCCCCCCCCCCCCC(=O)OC(/C=C\CCCCCCCCCCCCC)C(COP(=O)(O)OCC[N+](C)(C)C)NC(=O)CCCCCCCCCCCCC/C=C\C/C=C\CCCCC. The van der Waals surface area contributed by atoms with Crippen molar-refractivity contribution < 1.29 is 37.3 Å². The minimum Gasteiger partial charge on any atom is -0.456 e. The summed E-state index contributed by atoms with van der Waals surface area (Å²) in [5.74, 6) is -0.504. The molecule has 0 fully saturated rings. The van der Waals surface area contributed by atoms with Gasteiger partial charge in [0.1, 0.15) is 19.3 Å². The van der Waals surface area contributed by atoms with Crippen molar-refractivity contribution in [1.29, 1.82) is 0 Å². The molecule has 0 saturated carbocycles. The van der Waals surface area contributed by atoms with Gasteiger partial charge in [-0.1, -0.05) is 305 Å². The van der Waals surface area contributed by atoms with Gasteiger partial charge in [0.05, 0.1) is 33.8 Å². The number of phosphoric acid groups is 1. The highest BCUT2D eigenvalue weighted by Crippen LogP contribution is 2.43. The molecule has 504 valence electrons. The molecular formula is C77H140N2O7P+. The van der Waals surface area contributed by atoms with E-state index in [0.717, 1.165) is 96.3 Å². The Labute approximate surface area is 538 Å². The van der Waals surface area contributed by atoms with Gasteiger partial charge in [-0.15, -0.1) is 0 Å². The minimum absolute atomic E-state index is 0.0367. The molecule has 0 radical (unpaired) electrons. The molecule has 3 atom stereocenters. The van der Waals surface area contributed by atoms with Crippen LogP contribution < -0.4 is 5.32 Å². The van der Waals surface area contributed by atoms with Gasteiger partial charge in [0.2, 0.25) is 5.91 Å². The van der Waals surface area contributed by atoms with E-state index in [4.69, 9.17) is 13.8 Å². The Morgan fingerprint density at radius 1 is 0.414 bits per heavy atom. The standard InChI is InChI=1S/C77H139N2O7P/c1-7-10-13-16-19-22-25-28-30-32-34-36-37-38-39-40-41-43-45-47-49-52-55-58-61-64-67-70-77(81)86-75(68-65-62-59-56-53-50-27-24-21-18-15-12-9-3)74(73-85-87(82,83)84-72-71-79(4,5)6)78-76(80)69-66-63-60-57-54-51-48-46-44-42-35-33-31-29-26-23-20-17-14-11-8-2/h10,13,19-20,22-23,28-31,34,36,38-39,65,68,74-75H,7-9,11-12,14-18,21,24-27,32-33,35,37,40-64,66-67,69-73H2,1-6H3,(H-,78,80,82,83)/p+1/b13-10-,22-19-,23-20-,30-28-,31-29-,36-34-,39-38-,68-65-. The fourth-order valence-electron chi connectivity index (χ4n) is 10.4. The van der Waals surface area contributed by atoms with Crippen LogP contribution >= 0.6 is 7.82 Å². The van der Waals surface area contributed by atoms with Gasteiger partial charge in [0.25, 0.3) is 0 Å². The summed E-state index contributed by atoms with van der Waals surface area (Å²) < 4.78 is 30.9. The second-order valence-electron chi connectivity index (χ2n) is 25.7. The van der Waals surface area contributed by atoms with Crippen molar-refractivity contribution in [1.82, 2.24) is 5.32 Å². The largest absolute Gasteiger partial charge is 0.472 e. The van der Waals surface area contributed by atoms with Crippen LogP contribution in [0.5, 0.6) is 0 Å². The number of allylic oxidation sites excluding steroid dienone is 15. The predicted octanol–water partition coefficient (Wildman–Crippen LogP) is 23.5. The Balaban J connectivity index is 5.07. The van der Waals surface area contributed by atoms with Crippen LogP contribution in [0.25, 0.3) is 0 Å². The highest BCUT2D eigenvalue weighted by molar-refractivity contribution is 7.47. The van der Waals surface area contributed by atoms with Crippen LogP contribution in [0.2, 0.25) is 0 Å². The van der Waals surface area contributed by atoms with E-state index in [0.29, 0.717) is 17.4 Å². The molecule has 0 spiro atoms. The monoisotopic (exact) mass is 1240 g/mol. The number of unbranched alkanes of at least 4 members (excludes halogenated alkanes) is 36. The number of nitrogens with zero attached hydrogens (tertiary/aromatic N) is 1. The third-order valence-corrected chi connectivity index (χ3v) is 17.0. The van der Waals surface area contributed by atoms with Crippen LogP contribution in [0.4, 0.5) is 0 Å². The summed E-state index contributed by atoms with van der Waals surface area (Å²) in [6.45, 7) is 6.90. The molecule has 3 unspecified atom stereocenters. The van der Waals surface area contributed by atoms with Crippen molar-refractivity contribution >= 4 is 19.7 Å². The summed E-state index contributed by atoms with van der Waals surface area (Å²) in [7, 11) is 1.49. The van der Waals surface area contributed by atoms with Gasteiger partial charge in [-0.25, -0.2) is 4.57 Å². The number of ether oxygens (including phenoxy) is 1. The van der Waals surface area contributed by atoms with E-state index in [-0.39, 0.29) is 31.5 Å². The number of likely N-dealkylation sites (N-methyl/N-ethyl adjacent to an activating group) is 1. The molecule has 0 aliphatic heterocycles. The first-order valence-corrected chi connectivity index (χ1v) is 38.1. The predicted molar refractivity (Wildman–Crippen MR) is 378 cm³/mol. The Morgan fingerprint density at radius 3 is 1.13 bits per heavy atom. The lowest BCUT2D eigenvalue weighted by atomic mass is 10.0. The molecule has 0 bridgehead atoms. The molecule has 10 heteroatoms. The van der Waals surface area contributed by atoms with Gasteiger partial charge in [0.15, 0.2) is 0 Å². The van der Waals surface area contributed by atoms with Crippen molar-refractivity contribution in [3.8, 4) is 0 Å². The van der Waals surface area contributed by atoms with E-state index < -0.39 is 20.0 Å². The zero-order chi connectivity index (χ0) is 63.5. The Kier molecular flexibility index (Phi) is 63.5. The molecule has 0 heterocycles. The summed E-state index contributed by atoms with van der Waals surface area (Å²) in [4.78, 5) is 38.0. The quantitative estimate of drug-likeness (QED) is 0.0205.